The van der Waals surface area contributed by atoms with E-state index in [-0.39, 0.29) is 18.0 Å². The quantitative estimate of drug-likeness (QED) is 0.335. The Hall–Kier alpha value is -3.09. The molecule has 0 atom stereocenters. The first-order chi connectivity index (χ1) is 11.5. The van der Waals surface area contributed by atoms with Crippen LogP contribution in [0.2, 0.25) is 0 Å². The van der Waals surface area contributed by atoms with Gasteiger partial charge in [-0.1, -0.05) is 25.1 Å². The summed E-state index contributed by atoms with van der Waals surface area (Å²) in [5.74, 6) is 0.00292. The molecule has 0 amide bonds. The van der Waals surface area contributed by atoms with Gasteiger partial charge in [0.05, 0.1) is 18.1 Å². The first-order valence-corrected chi connectivity index (χ1v) is 7.29. The highest BCUT2D eigenvalue weighted by molar-refractivity contribution is 5.75. The molecule has 126 valence electrons. The van der Waals surface area contributed by atoms with E-state index in [1.807, 2.05) is 19.1 Å². The van der Waals surface area contributed by atoms with Gasteiger partial charge >= 0.3 is 11.7 Å². The van der Waals surface area contributed by atoms with Crippen molar-refractivity contribution in [3.63, 3.8) is 0 Å². The minimum Gasteiger partial charge on any atom is -0.496 e. The van der Waals surface area contributed by atoms with E-state index in [9.17, 15) is 14.9 Å². The third-order valence-corrected chi connectivity index (χ3v) is 3.29. The molecule has 2 aromatic carbocycles. The summed E-state index contributed by atoms with van der Waals surface area (Å²) in [6.45, 7) is 1.63. The summed E-state index contributed by atoms with van der Waals surface area (Å²) in [6, 6.07) is 11.3. The molecule has 24 heavy (non-hydrogen) atoms. The fourth-order valence-electron chi connectivity index (χ4n) is 2.08. The molecule has 0 fully saturated rings. The largest absolute Gasteiger partial charge is 0.496 e. The number of nitrogens with zero attached hydrogens (tertiary/aromatic N) is 1. The van der Waals surface area contributed by atoms with Crippen LogP contribution >= 0.6 is 0 Å². The van der Waals surface area contributed by atoms with Crippen LogP contribution in [-0.4, -0.2) is 24.6 Å². The molecule has 0 aliphatic carbocycles. The molecule has 0 saturated heterocycles. The molecule has 7 heteroatoms. The molecule has 7 nitrogen and oxygen atoms in total. The zero-order valence-electron chi connectivity index (χ0n) is 13.4. The number of carbonyl (C=O) groups is 1. The van der Waals surface area contributed by atoms with Crippen LogP contribution in [0.5, 0.6) is 17.2 Å². The second-order valence-corrected chi connectivity index (χ2v) is 4.81. The number of benzene rings is 2. The van der Waals surface area contributed by atoms with Gasteiger partial charge in [0.25, 0.3) is 0 Å². The van der Waals surface area contributed by atoms with Crippen LogP contribution in [0.3, 0.4) is 0 Å². The lowest BCUT2D eigenvalue weighted by Crippen LogP contribution is -2.18. The molecule has 2 aromatic rings. The normalized spacial score (nSPS) is 10.1. The predicted molar refractivity (Wildman–Crippen MR) is 86.6 cm³/mol. The zero-order chi connectivity index (χ0) is 17.5. The van der Waals surface area contributed by atoms with E-state index in [1.54, 1.807) is 12.1 Å². The summed E-state index contributed by atoms with van der Waals surface area (Å²) in [4.78, 5) is 22.3. The number of ether oxygens (including phenoxy) is 3. The molecular formula is C17H17NO6. The number of hydrogen-bond acceptors (Lipinski definition) is 6. The molecular weight excluding hydrogens is 314 g/mol. The first kappa shape index (κ1) is 17.3. The number of para-hydroxylation sites is 1. The molecule has 0 heterocycles. The molecule has 0 bridgehead atoms. The Balaban J connectivity index is 2.06. The Morgan fingerprint density at radius 1 is 1.17 bits per heavy atom. The van der Waals surface area contributed by atoms with E-state index >= 15 is 0 Å². The Kier molecular flexibility index (Phi) is 5.73. The van der Waals surface area contributed by atoms with Gasteiger partial charge in [0.2, 0.25) is 5.75 Å². The van der Waals surface area contributed by atoms with Crippen molar-refractivity contribution in [1.29, 1.82) is 0 Å². The summed E-state index contributed by atoms with van der Waals surface area (Å²) < 4.78 is 15.4. The van der Waals surface area contributed by atoms with Crippen LogP contribution in [0, 0.1) is 10.1 Å². The van der Waals surface area contributed by atoms with Crippen LogP contribution in [0.15, 0.2) is 42.5 Å². The number of rotatable bonds is 7. The molecule has 0 aromatic heterocycles. The molecule has 0 aliphatic rings. The maximum absolute atomic E-state index is 11.9. The lowest BCUT2D eigenvalue weighted by atomic mass is 10.1. The van der Waals surface area contributed by atoms with Crippen molar-refractivity contribution in [3.05, 3.63) is 58.1 Å². The Morgan fingerprint density at radius 3 is 2.58 bits per heavy atom. The van der Waals surface area contributed by atoms with Gasteiger partial charge in [0.15, 0.2) is 6.61 Å². The van der Waals surface area contributed by atoms with Crippen LogP contribution in [0.25, 0.3) is 0 Å². The monoisotopic (exact) mass is 331 g/mol. The number of nitro benzene ring substituents is 1. The Morgan fingerprint density at radius 2 is 1.92 bits per heavy atom. The third kappa shape index (κ3) is 4.22. The van der Waals surface area contributed by atoms with E-state index in [0.29, 0.717) is 11.5 Å². The Bertz CT molecular complexity index is 744. The fraction of sp³-hybridized carbons (Fsp3) is 0.235. The third-order valence-electron chi connectivity index (χ3n) is 3.29. The van der Waals surface area contributed by atoms with Crippen molar-refractivity contribution in [1.82, 2.24) is 0 Å². The molecule has 0 saturated carbocycles. The number of methoxy groups -OCH3 is 1. The van der Waals surface area contributed by atoms with E-state index in [4.69, 9.17) is 14.2 Å². The zero-order valence-corrected chi connectivity index (χ0v) is 13.4. The molecule has 0 radical (unpaired) electrons. The highest BCUT2D eigenvalue weighted by Crippen LogP contribution is 2.31. The second kappa shape index (κ2) is 7.96. The maximum atomic E-state index is 11.9. The average Bonchev–Trinajstić information content (AvgIpc) is 2.60. The number of carbonyl (C=O) groups excluding carboxylic acids is 1. The number of aryl methyl sites for hydroxylation is 1. The van der Waals surface area contributed by atoms with Gasteiger partial charge in [0.1, 0.15) is 11.5 Å². The van der Waals surface area contributed by atoms with Gasteiger partial charge in [-0.05, 0) is 30.2 Å². The van der Waals surface area contributed by atoms with E-state index in [2.05, 4.69) is 0 Å². The molecule has 0 spiro atoms. The van der Waals surface area contributed by atoms with Gasteiger partial charge in [-0.3, -0.25) is 10.1 Å². The van der Waals surface area contributed by atoms with Crippen LogP contribution in [-0.2, 0) is 11.2 Å². The van der Waals surface area contributed by atoms with E-state index < -0.39 is 10.9 Å². The number of esters is 1. The lowest BCUT2D eigenvalue weighted by molar-refractivity contribution is -0.385. The van der Waals surface area contributed by atoms with Crippen LogP contribution < -0.4 is 14.2 Å². The average molecular weight is 331 g/mol. The van der Waals surface area contributed by atoms with Crippen molar-refractivity contribution in [2.45, 2.75) is 13.3 Å². The molecule has 0 aliphatic heterocycles. The highest BCUT2D eigenvalue weighted by Gasteiger charge is 2.19. The number of nitro groups is 1. The minimum atomic E-state index is -0.728. The maximum Gasteiger partial charge on any atom is 0.349 e. The molecule has 2 rings (SSSR count). The summed E-state index contributed by atoms with van der Waals surface area (Å²) in [5.41, 5.74) is 0.609. The standard InChI is InChI=1S/C17H17NO6/c1-3-12-6-4-5-7-15(12)23-11-17(19)24-16-9-8-13(22-2)10-14(16)18(20)21/h4-10H,3,11H2,1-2H3. The van der Waals surface area contributed by atoms with Gasteiger partial charge in [0, 0.05) is 0 Å². The fourth-order valence-corrected chi connectivity index (χ4v) is 2.08. The summed E-state index contributed by atoms with van der Waals surface area (Å²) in [5, 5.41) is 11.1. The molecule has 0 unspecified atom stereocenters. The molecule has 0 N–H and O–H groups in total. The minimum absolute atomic E-state index is 0.154. The number of hydrogen-bond donors (Lipinski definition) is 0. The van der Waals surface area contributed by atoms with Crippen molar-refractivity contribution < 1.29 is 23.9 Å². The van der Waals surface area contributed by atoms with Crippen molar-refractivity contribution in [3.8, 4) is 17.2 Å². The second-order valence-electron chi connectivity index (χ2n) is 4.81. The SMILES string of the molecule is CCc1ccccc1OCC(=O)Oc1ccc(OC)cc1[N+](=O)[O-]. The van der Waals surface area contributed by atoms with Crippen LogP contribution in [0.1, 0.15) is 12.5 Å². The van der Waals surface area contributed by atoms with Crippen LogP contribution in [0.4, 0.5) is 5.69 Å². The summed E-state index contributed by atoms with van der Waals surface area (Å²) >= 11 is 0. The van der Waals surface area contributed by atoms with Gasteiger partial charge in [-0.25, -0.2) is 4.79 Å². The summed E-state index contributed by atoms with van der Waals surface area (Å²) in [7, 11) is 1.39. The smallest absolute Gasteiger partial charge is 0.349 e. The predicted octanol–water partition coefficient (Wildman–Crippen LogP) is 3.15. The van der Waals surface area contributed by atoms with Gasteiger partial charge in [-0.2, -0.15) is 0 Å². The van der Waals surface area contributed by atoms with Crippen molar-refractivity contribution >= 4 is 11.7 Å². The first-order valence-electron chi connectivity index (χ1n) is 7.29. The summed E-state index contributed by atoms with van der Waals surface area (Å²) in [6.07, 6.45) is 0.759. The van der Waals surface area contributed by atoms with Gasteiger partial charge in [-0.15, -0.1) is 0 Å². The van der Waals surface area contributed by atoms with Gasteiger partial charge < -0.3 is 14.2 Å². The topological polar surface area (TPSA) is 87.9 Å². The Labute approximate surface area is 138 Å². The van der Waals surface area contributed by atoms with Crippen molar-refractivity contribution in [2.75, 3.05) is 13.7 Å². The van der Waals surface area contributed by atoms with E-state index in [1.165, 1.54) is 25.3 Å². The van der Waals surface area contributed by atoms with E-state index in [0.717, 1.165) is 12.0 Å². The lowest BCUT2D eigenvalue weighted by Gasteiger charge is -2.10. The van der Waals surface area contributed by atoms with Crippen molar-refractivity contribution in [2.24, 2.45) is 0 Å². The highest BCUT2D eigenvalue weighted by atomic mass is 16.6.